The summed E-state index contributed by atoms with van der Waals surface area (Å²) in [6.45, 7) is 10.7. The summed E-state index contributed by atoms with van der Waals surface area (Å²) in [5, 5.41) is 0. The molecule has 3 heterocycles. The van der Waals surface area contributed by atoms with Crippen LogP contribution in [0.2, 0.25) is 0 Å². The fourth-order valence-electron chi connectivity index (χ4n) is 3.51. The number of imidazole rings is 1. The average molecular weight is 322 g/mol. The van der Waals surface area contributed by atoms with Gasteiger partial charge in [0.05, 0.1) is 0 Å². The first-order chi connectivity index (χ1) is 11.6. The molecule has 4 heteroatoms. The van der Waals surface area contributed by atoms with Crippen molar-refractivity contribution in [3.05, 3.63) is 41.6 Å². The van der Waals surface area contributed by atoms with E-state index in [1.165, 1.54) is 0 Å². The van der Waals surface area contributed by atoms with Crippen LogP contribution >= 0.6 is 0 Å². The van der Waals surface area contributed by atoms with Crippen LogP contribution in [-0.4, -0.2) is 19.5 Å². The van der Waals surface area contributed by atoms with Crippen molar-refractivity contribution in [2.45, 2.75) is 59.9 Å². The topological polar surface area (TPSA) is 43.6 Å². The van der Waals surface area contributed by atoms with E-state index >= 15 is 0 Å². The van der Waals surface area contributed by atoms with Gasteiger partial charge in [-0.25, -0.2) is 9.97 Å². The van der Waals surface area contributed by atoms with E-state index in [2.05, 4.69) is 60.4 Å². The molecule has 0 unspecified atom stereocenters. The zero-order valence-electron chi connectivity index (χ0n) is 15.3. The van der Waals surface area contributed by atoms with Gasteiger partial charge in [0.1, 0.15) is 11.3 Å². The van der Waals surface area contributed by atoms with Crippen LogP contribution < -0.4 is 0 Å². The second-order valence-electron chi connectivity index (χ2n) is 6.34. The van der Waals surface area contributed by atoms with E-state index in [9.17, 15) is 0 Å². The molecule has 126 valence electrons. The number of nitrogens with zero attached hydrogens (tertiary/aromatic N) is 4. The number of hydrogen-bond donors (Lipinski definition) is 0. The lowest BCUT2D eigenvalue weighted by Crippen LogP contribution is -2.11. The Labute approximate surface area is 144 Å². The third-order valence-electron chi connectivity index (χ3n) is 4.79. The minimum atomic E-state index is 0.449. The Kier molecular flexibility index (Phi) is 4.65. The predicted octanol–water partition coefficient (Wildman–Crippen LogP) is 5.03. The molecule has 0 aliphatic carbocycles. The van der Waals surface area contributed by atoms with Crippen molar-refractivity contribution in [3.8, 4) is 11.1 Å². The van der Waals surface area contributed by atoms with E-state index in [0.29, 0.717) is 6.04 Å². The van der Waals surface area contributed by atoms with E-state index in [4.69, 9.17) is 4.98 Å². The summed E-state index contributed by atoms with van der Waals surface area (Å²) in [7, 11) is 0. The summed E-state index contributed by atoms with van der Waals surface area (Å²) >= 11 is 0. The van der Waals surface area contributed by atoms with E-state index in [0.717, 1.165) is 58.8 Å². The third-order valence-corrected chi connectivity index (χ3v) is 4.79. The number of pyridine rings is 2. The molecule has 0 bridgehead atoms. The highest BCUT2D eigenvalue weighted by atomic mass is 15.1. The fraction of sp³-hybridized carbons (Fsp3) is 0.450. The van der Waals surface area contributed by atoms with Crippen molar-refractivity contribution >= 4 is 11.2 Å². The quantitative estimate of drug-likeness (QED) is 0.661. The lowest BCUT2D eigenvalue weighted by Gasteiger charge is -2.17. The number of rotatable bonds is 5. The summed E-state index contributed by atoms with van der Waals surface area (Å²) in [6.07, 6.45) is 4.99. The normalized spacial score (nSPS) is 11.6. The number of aromatic nitrogens is 4. The zero-order chi connectivity index (χ0) is 17.3. The highest BCUT2D eigenvalue weighted by molar-refractivity contribution is 5.90. The van der Waals surface area contributed by atoms with Crippen LogP contribution in [0.4, 0.5) is 0 Å². The highest BCUT2D eigenvalue weighted by Gasteiger charge is 2.20. The minimum absolute atomic E-state index is 0.449. The molecule has 4 nitrogen and oxygen atoms in total. The third kappa shape index (κ3) is 2.70. The molecular weight excluding hydrogens is 296 g/mol. The number of aryl methyl sites for hydroxylation is 3. The number of hydrogen-bond acceptors (Lipinski definition) is 3. The molecule has 0 aromatic carbocycles. The van der Waals surface area contributed by atoms with Crippen molar-refractivity contribution in [1.29, 1.82) is 0 Å². The second-order valence-corrected chi connectivity index (χ2v) is 6.34. The monoisotopic (exact) mass is 322 g/mol. The summed E-state index contributed by atoms with van der Waals surface area (Å²) in [5.74, 6) is 1.12. The van der Waals surface area contributed by atoms with Crippen molar-refractivity contribution in [1.82, 2.24) is 19.5 Å². The first-order valence-electron chi connectivity index (χ1n) is 8.91. The van der Waals surface area contributed by atoms with Gasteiger partial charge in [-0.1, -0.05) is 26.8 Å². The van der Waals surface area contributed by atoms with Gasteiger partial charge in [0.15, 0.2) is 5.65 Å². The molecule has 0 aliphatic rings. The van der Waals surface area contributed by atoms with Gasteiger partial charge in [0, 0.05) is 41.2 Å². The molecule has 3 aromatic heterocycles. The van der Waals surface area contributed by atoms with Crippen LogP contribution in [0.5, 0.6) is 0 Å². The Morgan fingerprint density at radius 1 is 0.958 bits per heavy atom. The lowest BCUT2D eigenvalue weighted by atomic mass is 10.0. The standard InChI is InChI=1S/C20H26N4/c1-6-15(7-2)24-18(8-3)23-19-17(11-12-21-20(19)24)16-10-9-13(4)22-14(16)5/h9-12,15H,6-8H2,1-5H3. The zero-order valence-corrected chi connectivity index (χ0v) is 15.3. The van der Waals surface area contributed by atoms with Crippen LogP contribution in [0.15, 0.2) is 24.4 Å². The van der Waals surface area contributed by atoms with E-state index in [-0.39, 0.29) is 0 Å². The molecule has 3 rings (SSSR count). The SMILES string of the molecule is CCc1nc2c(-c3ccc(C)nc3C)ccnc2n1C(CC)CC. The molecule has 0 spiro atoms. The molecular formula is C20H26N4. The second kappa shape index (κ2) is 6.71. The van der Waals surface area contributed by atoms with Crippen LogP contribution in [-0.2, 0) is 6.42 Å². The predicted molar refractivity (Wildman–Crippen MR) is 99.2 cm³/mol. The summed E-state index contributed by atoms with van der Waals surface area (Å²) in [6, 6.07) is 6.72. The maximum absolute atomic E-state index is 4.96. The molecule has 0 radical (unpaired) electrons. The lowest BCUT2D eigenvalue weighted by molar-refractivity contribution is 0.466. The Bertz CT molecular complexity index is 859. The van der Waals surface area contributed by atoms with Crippen LogP contribution in [0, 0.1) is 13.8 Å². The van der Waals surface area contributed by atoms with Crippen molar-refractivity contribution in [3.63, 3.8) is 0 Å². The summed E-state index contributed by atoms with van der Waals surface area (Å²) in [5.41, 5.74) is 6.35. The van der Waals surface area contributed by atoms with Crippen molar-refractivity contribution in [2.24, 2.45) is 0 Å². The molecule has 0 saturated heterocycles. The summed E-state index contributed by atoms with van der Waals surface area (Å²) in [4.78, 5) is 14.3. The smallest absolute Gasteiger partial charge is 0.160 e. The van der Waals surface area contributed by atoms with Crippen LogP contribution in [0.3, 0.4) is 0 Å². The summed E-state index contributed by atoms with van der Waals surface area (Å²) < 4.78 is 2.34. The molecule has 0 amide bonds. The van der Waals surface area contributed by atoms with Gasteiger partial charge in [0.25, 0.3) is 0 Å². The van der Waals surface area contributed by atoms with Gasteiger partial charge >= 0.3 is 0 Å². The average Bonchev–Trinajstić information content (AvgIpc) is 2.95. The van der Waals surface area contributed by atoms with Crippen molar-refractivity contribution in [2.75, 3.05) is 0 Å². The largest absolute Gasteiger partial charge is 0.310 e. The first kappa shape index (κ1) is 16.6. The first-order valence-corrected chi connectivity index (χ1v) is 8.91. The molecule has 3 aromatic rings. The molecule has 0 fully saturated rings. The molecule has 0 aliphatic heterocycles. The van der Waals surface area contributed by atoms with E-state index < -0.39 is 0 Å². The van der Waals surface area contributed by atoms with Gasteiger partial charge in [-0.15, -0.1) is 0 Å². The fourth-order valence-corrected chi connectivity index (χ4v) is 3.51. The highest BCUT2D eigenvalue weighted by Crippen LogP contribution is 2.32. The van der Waals surface area contributed by atoms with Gasteiger partial charge < -0.3 is 4.57 Å². The Hall–Kier alpha value is -2.23. The molecule has 24 heavy (non-hydrogen) atoms. The van der Waals surface area contributed by atoms with Gasteiger partial charge in [0.2, 0.25) is 0 Å². The van der Waals surface area contributed by atoms with E-state index in [1.807, 2.05) is 13.1 Å². The minimum Gasteiger partial charge on any atom is -0.310 e. The van der Waals surface area contributed by atoms with Gasteiger partial charge in [-0.05, 0) is 38.8 Å². The van der Waals surface area contributed by atoms with Crippen molar-refractivity contribution < 1.29 is 0 Å². The van der Waals surface area contributed by atoms with Gasteiger partial charge in [-0.3, -0.25) is 4.98 Å². The molecule has 0 saturated carbocycles. The van der Waals surface area contributed by atoms with Crippen LogP contribution in [0.25, 0.3) is 22.3 Å². The maximum Gasteiger partial charge on any atom is 0.160 e. The Morgan fingerprint density at radius 2 is 1.71 bits per heavy atom. The molecule has 0 N–H and O–H groups in total. The van der Waals surface area contributed by atoms with E-state index in [1.54, 1.807) is 0 Å². The Balaban J connectivity index is 2.28. The van der Waals surface area contributed by atoms with Gasteiger partial charge in [-0.2, -0.15) is 0 Å². The van der Waals surface area contributed by atoms with Crippen LogP contribution in [0.1, 0.15) is 56.9 Å². The Morgan fingerprint density at radius 3 is 2.33 bits per heavy atom. The number of fused-ring (bicyclic) bond motifs is 1. The maximum atomic E-state index is 4.96. The molecule has 0 atom stereocenters.